The third-order valence-corrected chi connectivity index (χ3v) is 7.21. The molecule has 188 valence electrons. The van der Waals surface area contributed by atoms with E-state index in [1.807, 2.05) is 37.4 Å². The van der Waals surface area contributed by atoms with Crippen molar-refractivity contribution in [3.63, 3.8) is 0 Å². The first-order valence-corrected chi connectivity index (χ1v) is 13.7. The highest BCUT2D eigenvalue weighted by molar-refractivity contribution is 7.98. The van der Waals surface area contributed by atoms with Crippen LogP contribution in [0.1, 0.15) is 24.0 Å². The number of rotatable bonds is 7. The fourth-order valence-electron chi connectivity index (χ4n) is 4.67. The molecular weight excluding hydrogens is 493 g/mol. The molecule has 4 aromatic carbocycles. The molecule has 0 atom stereocenters. The second-order valence-electron chi connectivity index (χ2n) is 9.28. The van der Waals surface area contributed by atoms with Crippen molar-refractivity contribution in [1.29, 1.82) is 0 Å². The van der Waals surface area contributed by atoms with Gasteiger partial charge in [-0.05, 0) is 84.2 Å². The van der Waals surface area contributed by atoms with E-state index in [1.54, 1.807) is 18.3 Å². The van der Waals surface area contributed by atoms with Crippen LogP contribution >= 0.6 is 11.8 Å². The number of allylic oxidation sites excluding steroid dienone is 1. The number of anilines is 1. The van der Waals surface area contributed by atoms with Crippen LogP contribution in [0.25, 0.3) is 27.6 Å². The Hall–Kier alpha value is -4.16. The number of thioether (sulfide) groups is 1. The van der Waals surface area contributed by atoms with Gasteiger partial charge >= 0.3 is 0 Å². The lowest BCUT2D eigenvalue weighted by Gasteiger charge is -2.17. The summed E-state index contributed by atoms with van der Waals surface area (Å²) >= 11 is 1.48. The van der Waals surface area contributed by atoms with Gasteiger partial charge in [-0.25, -0.2) is 9.37 Å². The second-order valence-corrected chi connectivity index (χ2v) is 10.1. The summed E-state index contributed by atoms with van der Waals surface area (Å²) in [7, 11) is 0. The van der Waals surface area contributed by atoms with Gasteiger partial charge in [-0.2, -0.15) is 4.98 Å². The fraction of sp³-hybridized carbons (Fsp3) is 0.125. The smallest absolute Gasteiger partial charge is 0.223 e. The van der Waals surface area contributed by atoms with Gasteiger partial charge in [0.1, 0.15) is 11.6 Å². The fourth-order valence-corrected chi connectivity index (χ4v) is 5.02. The molecule has 0 amide bonds. The molecule has 6 heteroatoms. The van der Waals surface area contributed by atoms with E-state index >= 15 is 0 Å². The van der Waals surface area contributed by atoms with Crippen LogP contribution < -0.4 is 10.1 Å². The molecule has 4 nitrogen and oxygen atoms in total. The highest BCUT2D eigenvalue weighted by atomic mass is 32.2. The zero-order valence-corrected chi connectivity index (χ0v) is 22.0. The molecule has 0 bridgehead atoms. The number of nitrogens with zero attached hydrogens (tertiary/aromatic N) is 2. The molecule has 0 spiro atoms. The van der Waals surface area contributed by atoms with E-state index in [9.17, 15) is 4.39 Å². The number of nitrogens with one attached hydrogen (secondary N) is 1. The van der Waals surface area contributed by atoms with E-state index in [0.29, 0.717) is 11.0 Å². The summed E-state index contributed by atoms with van der Waals surface area (Å²) in [6, 6.07) is 27.5. The summed E-state index contributed by atoms with van der Waals surface area (Å²) in [4.78, 5) is 8.70. The zero-order valence-electron chi connectivity index (χ0n) is 21.2. The third-order valence-electron chi connectivity index (χ3n) is 6.65. The maximum atomic E-state index is 13.7. The molecule has 38 heavy (non-hydrogen) atoms. The Balaban J connectivity index is 1.35. The van der Waals surface area contributed by atoms with Crippen molar-refractivity contribution >= 4 is 33.9 Å². The molecule has 1 saturated carbocycles. The zero-order chi connectivity index (χ0) is 26.1. The van der Waals surface area contributed by atoms with Crippen molar-refractivity contribution in [2.75, 3.05) is 11.6 Å². The summed E-state index contributed by atoms with van der Waals surface area (Å²) < 4.78 is 19.9. The lowest BCUT2D eigenvalue weighted by Crippen LogP contribution is -2.01. The predicted octanol–water partition coefficient (Wildman–Crippen LogP) is 8.88. The van der Waals surface area contributed by atoms with Gasteiger partial charge in [-0.15, -0.1) is 0 Å². The first-order valence-electron chi connectivity index (χ1n) is 12.5. The van der Waals surface area contributed by atoms with Crippen molar-refractivity contribution in [2.45, 2.75) is 24.9 Å². The third kappa shape index (κ3) is 5.00. The van der Waals surface area contributed by atoms with Crippen molar-refractivity contribution in [3.05, 3.63) is 114 Å². The van der Waals surface area contributed by atoms with E-state index in [1.165, 1.54) is 23.4 Å². The Morgan fingerprint density at radius 2 is 1.76 bits per heavy atom. The van der Waals surface area contributed by atoms with Crippen LogP contribution in [-0.4, -0.2) is 16.2 Å². The minimum atomic E-state index is -0.214. The lowest BCUT2D eigenvalue weighted by molar-refractivity contribution is 0.460. The molecule has 1 aliphatic rings. The number of hydrogen-bond donors (Lipinski definition) is 1. The average Bonchev–Trinajstić information content (AvgIpc) is 3.78. The monoisotopic (exact) mass is 519 g/mol. The number of hydrogen-bond acceptors (Lipinski definition) is 5. The van der Waals surface area contributed by atoms with E-state index in [2.05, 4.69) is 57.7 Å². The van der Waals surface area contributed by atoms with Gasteiger partial charge in [0, 0.05) is 34.4 Å². The standard InChI is InChI=1S/C32H26FN3OS/c1-20-18-24(33)12-13-25(20)22-6-5-7-23(19-22)31(21-10-11-21)35-28-14-15-29(27-9-4-3-8-26(27)28)37-30-16-17-34-32(36-30)38-2/h3-9,12-19,35H,10-11H2,1-2H3. The van der Waals surface area contributed by atoms with Gasteiger partial charge in [0.15, 0.2) is 5.16 Å². The molecule has 5 aromatic rings. The quantitative estimate of drug-likeness (QED) is 0.172. The molecule has 1 aromatic heterocycles. The molecule has 0 saturated heterocycles. The first kappa shape index (κ1) is 24.2. The van der Waals surface area contributed by atoms with Crippen LogP contribution in [0.5, 0.6) is 11.6 Å². The average molecular weight is 520 g/mol. The number of halogens is 1. The van der Waals surface area contributed by atoms with Gasteiger partial charge in [-0.3, -0.25) is 0 Å². The summed E-state index contributed by atoms with van der Waals surface area (Å²) in [5, 5.41) is 6.48. The summed E-state index contributed by atoms with van der Waals surface area (Å²) in [5.74, 6) is 1.05. The highest BCUT2D eigenvalue weighted by Gasteiger charge is 2.21. The maximum absolute atomic E-state index is 13.7. The Bertz CT molecular complexity index is 1690. The van der Waals surface area contributed by atoms with E-state index in [0.717, 1.165) is 63.0 Å². The van der Waals surface area contributed by atoms with Crippen LogP contribution in [0.2, 0.25) is 0 Å². The van der Waals surface area contributed by atoms with Gasteiger partial charge in [0.05, 0.1) is 0 Å². The Morgan fingerprint density at radius 3 is 2.55 bits per heavy atom. The van der Waals surface area contributed by atoms with Gasteiger partial charge in [0.25, 0.3) is 0 Å². The minimum absolute atomic E-state index is 0.214. The molecule has 0 radical (unpaired) electrons. The number of fused-ring (bicyclic) bond motifs is 1. The van der Waals surface area contributed by atoms with E-state index < -0.39 is 0 Å². The molecule has 0 aliphatic heterocycles. The normalized spacial score (nSPS) is 12.4. The Labute approximate surface area is 225 Å². The lowest BCUT2D eigenvalue weighted by atomic mass is 9.97. The number of benzene rings is 4. The van der Waals surface area contributed by atoms with Crippen molar-refractivity contribution in [2.24, 2.45) is 0 Å². The van der Waals surface area contributed by atoms with Crippen molar-refractivity contribution in [1.82, 2.24) is 9.97 Å². The second kappa shape index (κ2) is 10.3. The largest absolute Gasteiger partial charge is 0.438 e. The van der Waals surface area contributed by atoms with Crippen LogP contribution in [0.15, 0.2) is 102 Å². The van der Waals surface area contributed by atoms with E-state index in [-0.39, 0.29) is 5.82 Å². The SMILES string of the molecule is CSc1nccc(Oc2ccc(NC(=C3CC3)c3cccc(-c4ccc(F)cc4C)c3)c3ccccc23)n1. The minimum Gasteiger partial charge on any atom is -0.438 e. The molecule has 1 fully saturated rings. The summed E-state index contributed by atoms with van der Waals surface area (Å²) in [6.07, 6.45) is 5.80. The number of ether oxygens (including phenoxy) is 1. The molecule has 1 aliphatic carbocycles. The van der Waals surface area contributed by atoms with Crippen LogP contribution in [-0.2, 0) is 0 Å². The summed E-state index contributed by atoms with van der Waals surface area (Å²) in [5.41, 5.74) is 7.69. The molecular formula is C32H26FN3OS. The van der Waals surface area contributed by atoms with Crippen LogP contribution in [0, 0.1) is 12.7 Å². The maximum Gasteiger partial charge on any atom is 0.223 e. The molecule has 1 N–H and O–H groups in total. The highest BCUT2D eigenvalue weighted by Crippen LogP contribution is 2.41. The number of aromatic nitrogens is 2. The topological polar surface area (TPSA) is 47.0 Å². The Kier molecular flexibility index (Phi) is 6.56. The molecule has 0 unspecified atom stereocenters. The molecule has 1 heterocycles. The molecule has 6 rings (SSSR count). The van der Waals surface area contributed by atoms with Crippen molar-refractivity contribution < 1.29 is 9.13 Å². The van der Waals surface area contributed by atoms with Crippen LogP contribution in [0.4, 0.5) is 10.1 Å². The Morgan fingerprint density at radius 1 is 0.921 bits per heavy atom. The van der Waals surface area contributed by atoms with Gasteiger partial charge < -0.3 is 10.1 Å². The number of aryl methyl sites for hydroxylation is 1. The summed E-state index contributed by atoms with van der Waals surface area (Å²) in [6.45, 7) is 1.95. The predicted molar refractivity (Wildman–Crippen MR) is 154 cm³/mol. The van der Waals surface area contributed by atoms with Crippen molar-refractivity contribution in [3.8, 4) is 22.8 Å². The van der Waals surface area contributed by atoms with Gasteiger partial charge in [0.2, 0.25) is 5.88 Å². The van der Waals surface area contributed by atoms with Crippen LogP contribution in [0.3, 0.4) is 0 Å². The first-order chi connectivity index (χ1) is 18.6. The van der Waals surface area contributed by atoms with E-state index in [4.69, 9.17) is 4.74 Å². The van der Waals surface area contributed by atoms with Gasteiger partial charge in [-0.1, -0.05) is 60.3 Å².